The van der Waals surface area contributed by atoms with E-state index < -0.39 is 11.8 Å². The minimum Gasteiger partial charge on any atom is -0.494 e. The first kappa shape index (κ1) is 20.1. The van der Waals surface area contributed by atoms with Crippen LogP contribution in [0.15, 0.2) is 22.7 Å². The third-order valence-electron chi connectivity index (χ3n) is 4.87. The molecule has 1 aromatic carbocycles. The van der Waals surface area contributed by atoms with Crippen LogP contribution in [0.25, 0.3) is 11.3 Å². The fraction of sp³-hybridized carbons (Fsp3) is 0.474. The third-order valence-corrected chi connectivity index (χ3v) is 4.87. The summed E-state index contributed by atoms with van der Waals surface area (Å²) in [6.45, 7) is 5.69. The quantitative estimate of drug-likeness (QED) is 0.767. The summed E-state index contributed by atoms with van der Waals surface area (Å²) in [4.78, 5) is 16.0. The van der Waals surface area contributed by atoms with Crippen molar-refractivity contribution in [3.63, 3.8) is 0 Å². The molecule has 1 aromatic heterocycles. The molecule has 2 heterocycles. The Labute approximate surface area is 162 Å². The van der Waals surface area contributed by atoms with E-state index in [-0.39, 0.29) is 28.9 Å². The molecule has 1 aliphatic heterocycles. The van der Waals surface area contributed by atoms with Crippen LogP contribution < -0.4 is 9.64 Å². The van der Waals surface area contributed by atoms with Crippen molar-refractivity contribution in [1.29, 1.82) is 0 Å². The van der Waals surface area contributed by atoms with Crippen LogP contribution in [-0.2, 0) is 4.74 Å². The molecule has 1 fully saturated rings. The number of carboxylic acids is 1. The molecule has 152 valence electrons. The lowest BCUT2D eigenvalue weighted by Crippen LogP contribution is -2.47. The van der Waals surface area contributed by atoms with E-state index in [0.717, 1.165) is 13.1 Å². The minimum absolute atomic E-state index is 0.00100. The molecule has 2 aromatic rings. The number of methoxy groups -OCH3 is 1. The van der Waals surface area contributed by atoms with Gasteiger partial charge in [0.1, 0.15) is 0 Å². The van der Waals surface area contributed by atoms with Gasteiger partial charge in [-0.2, -0.15) is 0 Å². The van der Waals surface area contributed by atoms with E-state index in [2.05, 4.69) is 17.0 Å². The van der Waals surface area contributed by atoms with Crippen LogP contribution in [-0.4, -0.2) is 74.2 Å². The van der Waals surface area contributed by atoms with Gasteiger partial charge in [-0.3, -0.25) is 4.90 Å². The van der Waals surface area contributed by atoms with Crippen LogP contribution in [0.3, 0.4) is 0 Å². The van der Waals surface area contributed by atoms with Crippen LogP contribution in [0.1, 0.15) is 17.3 Å². The van der Waals surface area contributed by atoms with Crippen molar-refractivity contribution in [2.24, 2.45) is 0 Å². The molecule has 28 heavy (non-hydrogen) atoms. The van der Waals surface area contributed by atoms with Gasteiger partial charge in [0.15, 0.2) is 28.7 Å². The summed E-state index contributed by atoms with van der Waals surface area (Å²) in [5, 5.41) is 13.7. The van der Waals surface area contributed by atoms with Crippen molar-refractivity contribution in [2.45, 2.75) is 13.0 Å². The van der Waals surface area contributed by atoms with E-state index in [1.54, 1.807) is 11.9 Å². The molecule has 8 nitrogen and oxygen atoms in total. The number of rotatable bonds is 7. The number of hydrogen-bond acceptors (Lipinski definition) is 7. The van der Waals surface area contributed by atoms with Crippen LogP contribution in [0.4, 0.5) is 10.2 Å². The van der Waals surface area contributed by atoms with Crippen molar-refractivity contribution >= 4 is 11.8 Å². The van der Waals surface area contributed by atoms with E-state index in [1.807, 2.05) is 0 Å². The van der Waals surface area contributed by atoms with Crippen LogP contribution >= 0.6 is 0 Å². The van der Waals surface area contributed by atoms with Crippen molar-refractivity contribution in [1.82, 2.24) is 10.1 Å². The lowest BCUT2D eigenvalue weighted by atomic mass is 10.1. The fourth-order valence-electron chi connectivity index (χ4n) is 3.35. The number of aromatic nitrogens is 1. The van der Waals surface area contributed by atoms with Gasteiger partial charge < -0.3 is 24.0 Å². The highest BCUT2D eigenvalue weighted by Gasteiger charge is 2.28. The first-order valence-corrected chi connectivity index (χ1v) is 9.02. The van der Waals surface area contributed by atoms with Crippen molar-refractivity contribution in [3.8, 4) is 17.1 Å². The van der Waals surface area contributed by atoms with Gasteiger partial charge in [-0.15, -0.1) is 0 Å². The normalized spacial score (nSPS) is 16.0. The molecule has 0 radical (unpaired) electrons. The zero-order chi connectivity index (χ0) is 20.3. The van der Waals surface area contributed by atoms with Gasteiger partial charge in [0.2, 0.25) is 0 Å². The monoisotopic (exact) mass is 393 g/mol. The number of morpholine rings is 1. The summed E-state index contributed by atoms with van der Waals surface area (Å²) in [5.74, 6) is -1.42. The molecule has 1 N–H and O–H groups in total. The number of hydrogen-bond donors (Lipinski definition) is 1. The van der Waals surface area contributed by atoms with Gasteiger partial charge in [0, 0.05) is 38.3 Å². The number of halogens is 1. The number of nitrogens with zero attached hydrogens (tertiary/aromatic N) is 3. The molecule has 1 unspecified atom stereocenters. The first-order valence-electron chi connectivity index (χ1n) is 9.02. The lowest BCUT2D eigenvalue weighted by Gasteiger charge is -2.34. The maximum Gasteiger partial charge on any atom is 0.343 e. The van der Waals surface area contributed by atoms with Gasteiger partial charge in [-0.25, -0.2) is 9.18 Å². The zero-order valence-electron chi connectivity index (χ0n) is 16.1. The van der Waals surface area contributed by atoms with E-state index in [9.17, 15) is 14.3 Å². The van der Waals surface area contributed by atoms with Crippen LogP contribution in [0, 0.1) is 5.82 Å². The summed E-state index contributed by atoms with van der Waals surface area (Å²) in [5.41, 5.74) is 0.314. The zero-order valence-corrected chi connectivity index (χ0v) is 16.1. The van der Waals surface area contributed by atoms with E-state index in [1.165, 1.54) is 25.3 Å². The molecular formula is C19H24FN3O5. The van der Waals surface area contributed by atoms with Gasteiger partial charge in [0.05, 0.1) is 20.3 Å². The number of benzene rings is 1. The smallest absolute Gasteiger partial charge is 0.343 e. The summed E-state index contributed by atoms with van der Waals surface area (Å²) < 4.78 is 29.4. The second-order valence-corrected chi connectivity index (χ2v) is 6.74. The van der Waals surface area contributed by atoms with E-state index >= 15 is 0 Å². The predicted molar refractivity (Wildman–Crippen MR) is 101 cm³/mol. The van der Waals surface area contributed by atoms with E-state index in [0.29, 0.717) is 25.3 Å². The fourth-order valence-corrected chi connectivity index (χ4v) is 3.35. The van der Waals surface area contributed by atoms with Gasteiger partial charge >= 0.3 is 5.97 Å². The molecular weight excluding hydrogens is 369 g/mol. The maximum atomic E-state index is 13.7. The van der Waals surface area contributed by atoms with Crippen molar-refractivity contribution < 1.29 is 28.3 Å². The molecule has 1 atom stereocenters. The number of anilines is 1. The topological polar surface area (TPSA) is 88.3 Å². The van der Waals surface area contributed by atoms with E-state index in [4.69, 9.17) is 14.0 Å². The summed E-state index contributed by atoms with van der Waals surface area (Å²) in [7, 11) is 3.11. The number of likely N-dealkylation sites (N-methyl/N-ethyl adjacent to an activating group) is 1. The second kappa shape index (κ2) is 8.57. The molecule has 0 saturated carbocycles. The Morgan fingerprint density at radius 1 is 1.43 bits per heavy atom. The highest BCUT2D eigenvalue weighted by Crippen LogP contribution is 2.33. The third kappa shape index (κ3) is 4.10. The van der Waals surface area contributed by atoms with Crippen molar-refractivity contribution in [3.05, 3.63) is 29.6 Å². The number of ether oxygens (including phenoxy) is 2. The highest BCUT2D eigenvalue weighted by atomic mass is 19.1. The maximum absolute atomic E-state index is 13.7. The summed E-state index contributed by atoms with van der Waals surface area (Å²) in [6, 6.07) is 4.21. The molecule has 1 saturated heterocycles. The lowest BCUT2D eigenvalue weighted by molar-refractivity contribution is 0.0217. The second-order valence-electron chi connectivity index (χ2n) is 6.74. The average Bonchev–Trinajstić information content (AvgIpc) is 3.14. The summed E-state index contributed by atoms with van der Waals surface area (Å²) >= 11 is 0. The SMILES string of the molecule is COc1cc(-c2onc(N(C)CC(C)N3CCOCC3)c2C(=O)O)ccc1F. The Balaban J connectivity index is 1.87. The van der Waals surface area contributed by atoms with Crippen LogP contribution in [0.5, 0.6) is 5.75 Å². The Bertz CT molecular complexity index is 835. The number of aromatic carboxylic acids is 1. The Hall–Kier alpha value is -2.65. The Morgan fingerprint density at radius 3 is 2.79 bits per heavy atom. The Morgan fingerprint density at radius 2 is 2.14 bits per heavy atom. The van der Waals surface area contributed by atoms with Crippen molar-refractivity contribution in [2.75, 3.05) is 51.9 Å². The van der Waals surface area contributed by atoms with Crippen LogP contribution in [0.2, 0.25) is 0 Å². The largest absolute Gasteiger partial charge is 0.494 e. The van der Waals surface area contributed by atoms with Gasteiger partial charge in [-0.1, -0.05) is 5.16 Å². The number of carbonyl (C=O) groups is 1. The molecule has 9 heteroatoms. The molecule has 0 spiro atoms. The van der Waals surface area contributed by atoms with Gasteiger partial charge in [-0.05, 0) is 25.1 Å². The summed E-state index contributed by atoms with van der Waals surface area (Å²) in [6.07, 6.45) is 0. The average molecular weight is 393 g/mol. The molecule has 0 bridgehead atoms. The molecule has 0 amide bonds. The number of carboxylic acid groups (broad SMARTS) is 1. The molecule has 3 rings (SSSR count). The Kier molecular flexibility index (Phi) is 6.15. The molecule has 0 aliphatic carbocycles. The highest BCUT2D eigenvalue weighted by molar-refractivity contribution is 5.99. The predicted octanol–water partition coefficient (Wildman–Crippen LogP) is 2.34. The minimum atomic E-state index is -1.17. The first-order chi connectivity index (χ1) is 13.4. The standard InChI is InChI=1S/C19H24FN3O5/c1-12(23-6-8-27-9-7-23)11-22(2)18-16(19(24)25)17(28-21-18)13-4-5-14(20)15(10-13)26-3/h4-5,10,12H,6-9,11H2,1-3H3,(H,24,25). The molecule has 1 aliphatic rings. The van der Waals surface area contributed by atoms with Gasteiger partial charge in [0.25, 0.3) is 0 Å².